The van der Waals surface area contributed by atoms with Gasteiger partial charge < -0.3 is 9.47 Å². The first-order valence-corrected chi connectivity index (χ1v) is 13.6. The van der Waals surface area contributed by atoms with E-state index in [0.29, 0.717) is 31.0 Å². The molecule has 12 heteroatoms. The van der Waals surface area contributed by atoms with Crippen LogP contribution in [0.25, 0.3) is 5.52 Å². The predicted octanol–water partition coefficient (Wildman–Crippen LogP) is 4.23. The number of hydrazone groups is 2. The van der Waals surface area contributed by atoms with Crippen LogP contribution in [0.3, 0.4) is 0 Å². The van der Waals surface area contributed by atoms with Crippen molar-refractivity contribution in [2.75, 3.05) is 20.3 Å². The van der Waals surface area contributed by atoms with E-state index in [1.54, 1.807) is 11.6 Å². The van der Waals surface area contributed by atoms with Crippen molar-refractivity contribution in [3.05, 3.63) is 58.8 Å². The maximum absolute atomic E-state index is 14.7. The molecule has 0 spiro atoms. The van der Waals surface area contributed by atoms with Gasteiger partial charge in [0.1, 0.15) is 0 Å². The minimum absolute atomic E-state index is 0.00494. The number of amides is 2. The van der Waals surface area contributed by atoms with Crippen LogP contribution in [0.15, 0.2) is 40.5 Å². The summed E-state index contributed by atoms with van der Waals surface area (Å²) < 4.78 is 42.0. The van der Waals surface area contributed by atoms with Crippen LogP contribution in [-0.4, -0.2) is 58.1 Å². The average Bonchev–Trinajstić information content (AvgIpc) is 3.50. The third-order valence-corrected chi connectivity index (χ3v) is 7.33. The van der Waals surface area contributed by atoms with Crippen molar-refractivity contribution in [2.45, 2.75) is 52.9 Å². The van der Waals surface area contributed by atoms with Crippen molar-refractivity contribution in [1.29, 1.82) is 0 Å². The summed E-state index contributed by atoms with van der Waals surface area (Å²) in [6.07, 6.45) is 2.18. The number of aromatic nitrogens is 2. The quantitative estimate of drug-likeness (QED) is 0.370. The van der Waals surface area contributed by atoms with Crippen LogP contribution >= 0.6 is 0 Å². The van der Waals surface area contributed by atoms with E-state index < -0.39 is 17.0 Å². The SMILES string of the molecule is CCc1cc2c(C3=NN(CCCCOc4ccc(C5=NNC(=O)CC5)c(F)c4F)C(=O)C3(C)C)ccc(OC)n2n1. The van der Waals surface area contributed by atoms with E-state index in [0.717, 1.165) is 23.2 Å². The number of halogens is 2. The normalized spacial score (nSPS) is 16.6. The Labute approximate surface area is 236 Å². The molecule has 216 valence electrons. The number of fused-ring (bicyclic) bond motifs is 1. The summed E-state index contributed by atoms with van der Waals surface area (Å²) in [5.74, 6) is -2.18. The number of carbonyl (C=O) groups excluding carboxylic acids is 2. The molecule has 0 saturated carbocycles. The van der Waals surface area contributed by atoms with E-state index in [4.69, 9.17) is 14.6 Å². The van der Waals surface area contributed by atoms with E-state index in [2.05, 4.69) is 15.6 Å². The van der Waals surface area contributed by atoms with E-state index in [-0.39, 0.29) is 48.3 Å². The standard InChI is InChI=1S/C29H32F2N6O4/c1-5-17-16-21-19(9-13-24(40-4)37(21)34-17)27-29(2,3)28(39)36(35-27)14-6-7-15-41-22-11-8-18(25(30)26(22)31)20-10-12-23(38)33-32-20/h8-9,11,13,16H,5-7,10,12,14-15H2,1-4H3,(H,33,38). The molecule has 0 bridgehead atoms. The fourth-order valence-electron chi connectivity index (χ4n) is 4.97. The first-order chi connectivity index (χ1) is 19.6. The van der Waals surface area contributed by atoms with Crippen LogP contribution in [0.1, 0.15) is 63.3 Å². The summed E-state index contributed by atoms with van der Waals surface area (Å²) in [6.45, 7) is 6.20. The fourth-order valence-corrected chi connectivity index (χ4v) is 4.97. The van der Waals surface area contributed by atoms with Gasteiger partial charge in [0.15, 0.2) is 11.6 Å². The zero-order chi connectivity index (χ0) is 29.3. The monoisotopic (exact) mass is 566 g/mol. The summed E-state index contributed by atoms with van der Waals surface area (Å²) in [6, 6.07) is 8.44. The molecule has 0 atom stereocenters. The van der Waals surface area contributed by atoms with Crippen molar-refractivity contribution in [3.8, 4) is 11.6 Å². The van der Waals surface area contributed by atoms with Crippen LogP contribution in [-0.2, 0) is 16.0 Å². The molecule has 3 aromatic rings. The number of pyridine rings is 1. The molecule has 2 aliphatic heterocycles. The molecule has 0 unspecified atom stereocenters. The van der Waals surface area contributed by atoms with Gasteiger partial charge >= 0.3 is 0 Å². The first-order valence-electron chi connectivity index (χ1n) is 13.6. The van der Waals surface area contributed by atoms with E-state index in [1.807, 2.05) is 39.0 Å². The Kier molecular flexibility index (Phi) is 7.74. The largest absolute Gasteiger partial charge is 0.490 e. The Hall–Kier alpha value is -4.35. The second-order valence-electron chi connectivity index (χ2n) is 10.5. The molecule has 4 heterocycles. The number of ether oxygens (including phenoxy) is 2. The maximum atomic E-state index is 14.7. The molecular formula is C29H32F2N6O4. The summed E-state index contributed by atoms with van der Waals surface area (Å²) in [5, 5.41) is 14.6. The van der Waals surface area contributed by atoms with E-state index in [9.17, 15) is 18.4 Å². The Bertz CT molecular complexity index is 1580. The first kappa shape index (κ1) is 28.2. The Morgan fingerprint density at radius 3 is 2.54 bits per heavy atom. The zero-order valence-corrected chi connectivity index (χ0v) is 23.5. The number of nitrogens with zero attached hydrogens (tertiary/aromatic N) is 5. The lowest BCUT2D eigenvalue weighted by Gasteiger charge is -2.20. The minimum atomic E-state index is -1.11. The van der Waals surface area contributed by atoms with Crippen molar-refractivity contribution in [1.82, 2.24) is 20.0 Å². The summed E-state index contributed by atoms with van der Waals surface area (Å²) in [5.41, 5.74) is 4.88. The summed E-state index contributed by atoms with van der Waals surface area (Å²) in [7, 11) is 1.59. The molecule has 41 heavy (non-hydrogen) atoms. The number of rotatable bonds is 10. The smallest absolute Gasteiger partial charge is 0.254 e. The molecule has 0 fully saturated rings. The van der Waals surface area contributed by atoms with Crippen LogP contribution in [0.2, 0.25) is 0 Å². The lowest BCUT2D eigenvalue weighted by Crippen LogP contribution is -2.35. The van der Waals surface area contributed by atoms with Crippen LogP contribution in [0, 0.1) is 17.0 Å². The Balaban J connectivity index is 1.23. The molecule has 0 saturated heterocycles. The number of methoxy groups -OCH3 is 1. The molecule has 2 aliphatic rings. The van der Waals surface area contributed by atoms with Gasteiger partial charge in [-0.05, 0) is 57.4 Å². The third kappa shape index (κ3) is 5.25. The van der Waals surface area contributed by atoms with E-state index >= 15 is 0 Å². The van der Waals surface area contributed by atoms with Crippen molar-refractivity contribution in [3.63, 3.8) is 0 Å². The van der Waals surface area contributed by atoms with Gasteiger partial charge in [-0.1, -0.05) is 6.92 Å². The number of benzene rings is 1. The number of unbranched alkanes of at least 4 members (excludes halogenated alkanes) is 1. The molecule has 0 aliphatic carbocycles. The van der Waals surface area contributed by atoms with Gasteiger partial charge in [-0.2, -0.15) is 19.7 Å². The molecule has 1 aromatic carbocycles. The molecule has 2 aromatic heterocycles. The van der Waals surface area contributed by atoms with Crippen molar-refractivity contribution < 1.29 is 27.8 Å². The molecule has 2 amide bonds. The van der Waals surface area contributed by atoms with Crippen LogP contribution < -0.4 is 14.9 Å². The van der Waals surface area contributed by atoms with Crippen LogP contribution in [0.5, 0.6) is 11.6 Å². The second kappa shape index (κ2) is 11.3. The van der Waals surface area contributed by atoms with Gasteiger partial charge in [-0.3, -0.25) is 9.59 Å². The average molecular weight is 567 g/mol. The highest BCUT2D eigenvalue weighted by molar-refractivity contribution is 6.21. The second-order valence-corrected chi connectivity index (χ2v) is 10.5. The third-order valence-electron chi connectivity index (χ3n) is 7.33. The van der Waals surface area contributed by atoms with Gasteiger partial charge in [0, 0.05) is 36.6 Å². The van der Waals surface area contributed by atoms with Gasteiger partial charge in [0.2, 0.25) is 17.6 Å². The molecule has 5 rings (SSSR count). The molecular weight excluding hydrogens is 534 g/mol. The maximum Gasteiger partial charge on any atom is 0.254 e. The molecule has 0 radical (unpaired) electrons. The lowest BCUT2D eigenvalue weighted by molar-refractivity contribution is -0.135. The van der Waals surface area contributed by atoms with E-state index in [1.165, 1.54) is 17.1 Å². The number of nitrogens with one attached hydrogen (secondary N) is 1. The van der Waals surface area contributed by atoms with Crippen LogP contribution in [0.4, 0.5) is 8.78 Å². The topological polar surface area (TPSA) is 110 Å². The van der Waals surface area contributed by atoms with Gasteiger partial charge in [0.25, 0.3) is 5.91 Å². The number of hydrogen-bond donors (Lipinski definition) is 1. The fraction of sp³-hybridized carbons (Fsp3) is 0.414. The highest BCUT2D eigenvalue weighted by Gasteiger charge is 2.44. The molecule has 1 N–H and O–H groups in total. The van der Waals surface area contributed by atoms with Gasteiger partial charge in [-0.25, -0.2) is 19.3 Å². The number of hydrogen-bond acceptors (Lipinski definition) is 7. The highest BCUT2D eigenvalue weighted by Crippen LogP contribution is 2.35. The zero-order valence-electron chi connectivity index (χ0n) is 23.5. The highest BCUT2D eigenvalue weighted by atomic mass is 19.2. The lowest BCUT2D eigenvalue weighted by atomic mass is 9.83. The van der Waals surface area contributed by atoms with Gasteiger partial charge in [0.05, 0.1) is 41.8 Å². The van der Waals surface area contributed by atoms with Crippen molar-refractivity contribution >= 4 is 28.8 Å². The number of carbonyl (C=O) groups is 2. The summed E-state index contributed by atoms with van der Waals surface area (Å²) in [4.78, 5) is 24.6. The predicted molar refractivity (Wildman–Crippen MR) is 148 cm³/mol. The van der Waals surface area contributed by atoms with Gasteiger partial charge in [-0.15, -0.1) is 0 Å². The molecule has 10 nitrogen and oxygen atoms in total. The van der Waals surface area contributed by atoms with Crippen molar-refractivity contribution in [2.24, 2.45) is 15.6 Å². The minimum Gasteiger partial charge on any atom is -0.490 e. The Morgan fingerprint density at radius 1 is 1.05 bits per heavy atom. The summed E-state index contributed by atoms with van der Waals surface area (Å²) >= 11 is 0. The number of aryl methyl sites for hydroxylation is 1. The Morgan fingerprint density at radius 2 is 1.83 bits per heavy atom.